The molecule has 4 aromatic heterocycles. The normalized spacial score (nSPS) is 24.6. The van der Waals surface area contributed by atoms with Gasteiger partial charge >= 0.3 is 0 Å². The Morgan fingerprint density at radius 2 is 0.715 bits per heavy atom. The molecule has 5 aliphatic rings. The smallest absolute Gasteiger partial charge is 0.294 e. The molecule has 0 aliphatic carbocycles. The Morgan fingerprint density at radius 3 is 1.05 bits per heavy atom. The number of fused-ring (bicyclic) bond motifs is 1. The van der Waals surface area contributed by atoms with E-state index < -0.39 is 118 Å². The fourth-order valence-electron chi connectivity index (χ4n) is 15.9. The van der Waals surface area contributed by atoms with Crippen molar-refractivity contribution in [3.8, 4) is 23.5 Å². The minimum absolute atomic E-state index is 0.0432. The highest BCUT2D eigenvalue weighted by molar-refractivity contribution is 8.00. The van der Waals surface area contributed by atoms with Crippen LogP contribution in [0.25, 0.3) is 0 Å². The number of rotatable bonds is 41. The van der Waals surface area contributed by atoms with Crippen LogP contribution in [0.2, 0.25) is 0 Å². The number of hydroxylamine groups is 8. The molecule has 130 heavy (non-hydrogen) atoms. The van der Waals surface area contributed by atoms with Crippen molar-refractivity contribution in [3.05, 3.63) is 50.6 Å². The van der Waals surface area contributed by atoms with Crippen LogP contribution in [0, 0.1) is 68.3 Å². The van der Waals surface area contributed by atoms with Crippen LogP contribution in [0.4, 0.5) is 5.82 Å². The maximum atomic E-state index is 11.0. The van der Waals surface area contributed by atoms with Gasteiger partial charge in [0.1, 0.15) is 64.6 Å². The van der Waals surface area contributed by atoms with Crippen LogP contribution in [0.3, 0.4) is 0 Å². The topological polar surface area (TPSA) is 617 Å². The molecule has 5 saturated heterocycles. The molecule has 9 heterocycles. The van der Waals surface area contributed by atoms with Crippen molar-refractivity contribution in [2.45, 2.75) is 334 Å². The van der Waals surface area contributed by atoms with E-state index in [2.05, 4.69) is 70.8 Å². The summed E-state index contributed by atoms with van der Waals surface area (Å²) in [7, 11) is 0. The number of nitrogens with one attached hydrogen (secondary N) is 4. The van der Waals surface area contributed by atoms with Gasteiger partial charge in [0.05, 0.1) is 86.8 Å². The SMILES string of the molecule is CC(C)(C)NCC(COc1nsnc1N1CC(CO[N+](=O)[O-])OC2C1C(C)(C)N(O)C2(C)C)O[N+](=O)[O-].CC(C)(C)NCC(COc1nsnc1SC1C(CO[N+](=O)[O-])C(C)(C)N(O)C1(C)C)O[N+](=O)[O-].CC(C)(C)NCC(O)COc1nsnc1SC1C(CO)C(C)(C)N(O)C1(C)C.CC(C)(C)NCC(O)COc1nsnc1SC1C(CO[N+](=O)[O-])C(C)(C)N(O)C1(C)C. The summed E-state index contributed by atoms with van der Waals surface area (Å²) in [5.74, 6) is 0.318. The first kappa shape index (κ1) is 112. The Bertz CT molecular complexity index is 4280. The van der Waals surface area contributed by atoms with Crippen molar-refractivity contribution >= 4 is 88.0 Å². The maximum absolute atomic E-state index is 11.0. The van der Waals surface area contributed by atoms with Crippen LogP contribution < -0.4 is 45.1 Å². The molecule has 13 unspecified atom stereocenters. The van der Waals surface area contributed by atoms with Gasteiger partial charge in [-0.15, -0.1) is 68.1 Å². The monoisotopic (exact) mass is 1990 g/mol. The molecule has 5 aliphatic heterocycles. The molecule has 13 atom stereocenters. The van der Waals surface area contributed by atoms with Crippen LogP contribution in [0.5, 0.6) is 23.5 Å². The van der Waals surface area contributed by atoms with Crippen LogP contribution in [0.1, 0.15) is 194 Å². The van der Waals surface area contributed by atoms with Gasteiger partial charge in [0, 0.05) is 112 Å². The second kappa shape index (κ2) is 45.1. The Labute approximate surface area is 785 Å². The van der Waals surface area contributed by atoms with Gasteiger partial charge in [-0.2, -0.15) is 37.7 Å². The lowest BCUT2D eigenvalue weighted by atomic mass is 9.87. The average molecular weight is 1990 g/mol. The average Bonchev–Trinajstić information content (AvgIpc) is 1.54. The van der Waals surface area contributed by atoms with Crippen molar-refractivity contribution in [1.82, 2.24) is 76.5 Å². The zero-order valence-corrected chi connectivity index (χ0v) is 84.6. The predicted molar refractivity (Wildman–Crippen MR) is 481 cm³/mol. The number of nitrogens with zero attached hydrogens (tertiary/aromatic N) is 18. The number of aromatic nitrogens is 8. The third-order valence-electron chi connectivity index (χ3n) is 22.6. The molecule has 11 N–H and O–H groups in total. The van der Waals surface area contributed by atoms with Crippen molar-refractivity contribution < 1.29 is 109 Å². The van der Waals surface area contributed by atoms with Crippen molar-refractivity contribution in [2.75, 3.05) is 90.5 Å². The minimum Gasteiger partial charge on any atom is -0.473 e. The molecular formula is C74H134N22O27S7. The quantitative estimate of drug-likeness (QED) is 0.0148. The second-order valence-electron chi connectivity index (χ2n) is 40.4. The van der Waals surface area contributed by atoms with Crippen LogP contribution in [-0.2, 0) is 28.9 Å². The third-order valence-corrected chi connectivity index (χ3v) is 30.0. The van der Waals surface area contributed by atoms with E-state index in [1.807, 2.05) is 185 Å². The first-order valence-electron chi connectivity index (χ1n) is 41.7. The van der Waals surface area contributed by atoms with E-state index in [1.165, 1.54) is 55.5 Å². The Hall–Kier alpha value is -6.35. The van der Waals surface area contributed by atoms with Crippen molar-refractivity contribution in [3.63, 3.8) is 0 Å². The third kappa shape index (κ3) is 30.1. The summed E-state index contributed by atoms with van der Waals surface area (Å²) in [5, 5.41) is 142. The van der Waals surface area contributed by atoms with E-state index in [9.17, 15) is 86.7 Å². The largest absolute Gasteiger partial charge is 0.473 e. The van der Waals surface area contributed by atoms with E-state index in [4.69, 9.17) is 33.4 Å². The highest BCUT2D eigenvalue weighted by atomic mass is 32.2. The van der Waals surface area contributed by atoms with E-state index in [0.717, 1.165) is 46.9 Å². The lowest BCUT2D eigenvalue weighted by Gasteiger charge is -2.46. The summed E-state index contributed by atoms with van der Waals surface area (Å²) in [5.41, 5.74) is -6.72. The number of ether oxygens (including phenoxy) is 5. The molecule has 0 saturated carbocycles. The molecular weight excluding hydrogens is 1850 g/mol. The van der Waals surface area contributed by atoms with E-state index in [-0.39, 0.29) is 134 Å². The van der Waals surface area contributed by atoms with Gasteiger partial charge in [-0.05, 0) is 194 Å². The number of anilines is 1. The standard InChI is InChI=1S/C20H35N7O9S.C18H32N6O8S2.C18H33N5O6S2.C18H34N4O4S2/c1-18(2,3)21-8-12(36-27(31)32)10-33-17-16(22-37-23-17)24-9-13(11-34-26(29)30)35-15-14(24)19(4,5)25(28)20(15,6)7;1-16(2,3)19-8-11(32-24(28)29)9-30-14-15(21-34-20-14)33-13-12(10-31-23(26)27)17(4,5)22(25)18(13,6)7;1-16(2,3)19-8-11(24)9-28-14-15(21-31-20-14)30-13-12(10-29-23(26)27)17(4,5)22(25)18(13,6)7;1-16(2,3)19-8-11(24)10-26-14-15(21-28-20-14)27-13-12(9-23)17(4,5)22(25)18(13,6)7/h12-15,21,28H,8-11H2,1-7H3;11-13,19,25H,8-10H2,1-7H3;11-13,19,24-25H,8-10H2,1-7H3;11-13,19,23-25H,8-10H2,1-7H3. The summed E-state index contributed by atoms with van der Waals surface area (Å²) in [6, 6.07) is -0.445. The summed E-state index contributed by atoms with van der Waals surface area (Å²) in [4.78, 5) is 79.6. The van der Waals surface area contributed by atoms with Gasteiger partial charge in [0.2, 0.25) is 5.82 Å². The van der Waals surface area contributed by atoms with Crippen LogP contribution >= 0.6 is 82.2 Å². The van der Waals surface area contributed by atoms with Crippen molar-refractivity contribution in [1.29, 1.82) is 0 Å². The molecule has 9 rings (SSSR count). The maximum Gasteiger partial charge on any atom is 0.294 e. The van der Waals surface area contributed by atoms with Gasteiger partial charge in [-0.1, -0.05) is 35.3 Å². The number of β-amino-alcohol motifs (C(OH)–C–C–N with tert-alkyl or cyclic N) is 2. The Morgan fingerprint density at radius 1 is 0.415 bits per heavy atom. The zero-order valence-electron chi connectivity index (χ0n) is 78.9. The number of hydrogen-bond donors (Lipinski definition) is 11. The molecule has 744 valence electrons. The number of thioether (sulfide) groups is 3. The predicted octanol–water partition coefficient (Wildman–Crippen LogP) is 7.93. The Kier molecular flexibility index (Phi) is 39.0. The first-order valence-corrected chi connectivity index (χ1v) is 47.2. The highest BCUT2D eigenvalue weighted by Crippen LogP contribution is 2.56. The number of morpholine rings is 1. The van der Waals surface area contributed by atoms with E-state index in [1.54, 1.807) is 13.8 Å². The molecule has 0 amide bonds. The highest BCUT2D eigenvalue weighted by Gasteiger charge is 2.66. The molecule has 0 aromatic carbocycles. The molecule has 0 radical (unpaired) electrons. The number of aliphatic hydroxyl groups is 3. The lowest BCUT2D eigenvalue weighted by molar-refractivity contribution is -0.768. The second-order valence-corrected chi connectivity index (χ2v) is 45.9. The molecule has 5 fully saturated rings. The van der Waals surface area contributed by atoms with E-state index >= 15 is 0 Å². The van der Waals surface area contributed by atoms with Gasteiger partial charge < -0.3 is 110 Å². The van der Waals surface area contributed by atoms with Crippen LogP contribution in [-0.4, -0.2) is 327 Å². The summed E-state index contributed by atoms with van der Waals surface area (Å²) in [6.07, 6.45) is -4.50. The zero-order chi connectivity index (χ0) is 98.6. The summed E-state index contributed by atoms with van der Waals surface area (Å²) >= 11 is 7.86. The fraction of sp³-hybridized carbons (Fsp3) is 0.892. The minimum atomic E-state index is -0.919. The molecule has 0 spiro atoms. The number of aliphatic hydroxyl groups excluding tert-OH is 3. The first-order chi connectivity index (χ1) is 59.5. The molecule has 0 bridgehead atoms. The van der Waals surface area contributed by atoms with Gasteiger partial charge in [-0.25, -0.2) is 0 Å². The summed E-state index contributed by atoms with van der Waals surface area (Å²) < 4.78 is 63.3. The fourth-order valence-corrected chi connectivity index (χ4v) is 22.8. The molecule has 4 aromatic rings. The van der Waals surface area contributed by atoms with Crippen molar-refractivity contribution in [2.24, 2.45) is 17.8 Å². The van der Waals surface area contributed by atoms with Gasteiger partial charge in [0.15, 0.2) is 27.3 Å². The number of hydrogen-bond acceptors (Lipinski definition) is 51. The molecule has 56 heteroatoms. The molecule has 49 nitrogen and oxygen atoms in total. The van der Waals surface area contributed by atoms with Gasteiger partial charge in [0.25, 0.3) is 49.0 Å². The summed E-state index contributed by atoms with van der Waals surface area (Å²) in [6.45, 7) is 53.6. The van der Waals surface area contributed by atoms with Crippen LogP contribution in [0.15, 0.2) is 15.1 Å². The lowest BCUT2D eigenvalue weighted by Crippen LogP contribution is -2.62. The Balaban J connectivity index is 0.000000268. The van der Waals surface area contributed by atoms with Gasteiger partial charge in [-0.3, -0.25) is 0 Å². The van der Waals surface area contributed by atoms with E-state index in [0.29, 0.717) is 45.7 Å².